The van der Waals surface area contributed by atoms with Gasteiger partial charge in [0.25, 0.3) is 0 Å². The van der Waals surface area contributed by atoms with Crippen LogP contribution < -0.4 is 4.72 Å². The summed E-state index contributed by atoms with van der Waals surface area (Å²) in [5, 5.41) is 9.02. The van der Waals surface area contributed by atoms with Gasteiger partial charge in [0.05, 0.1) is 11.3 Å². The molecule has 1 aliphatic rings. The standard InChI is InChI=1S/C12H16N2O4S/c15-12(16)10-6-2-3-7-11(10)13-19(17,18)14-8-4-1-5-9-14/h2-3,6-7,13H,1,4-5,8-9H2,(H,15,16). The van der Waals surface area contributed by atoms with Gasteiger partial charge in [0.2, 0.25) is 0 Å². The molecule has 1 fully saturated rings. The van der Waals surface area contributed by atoms with Gasteiger partial charge in [0.1, 0.15) is 0 Å². The fraction of sp³-hybridized carbons (Fsp3) is 0.417. The van der Waals surface area contributed by atoms with Gasteiger partial charge in [0, 0.05) is 13.1 Å². The Bertz CT molecular complexity index is 565. The summed E-state index contributed by atoms with van der Waals surface area (Å²) >= 11 is 0. The molecule has 2 rings (SSSR count). The number of piperidine rings is 1. The normalized spacial score (nSPS) is 17.1. The zero-order valence-electron chi connectivity index (χ0n) is 10.4. The molecule has 0 amide bonds. The molecule has 19 heavy (non-hydrogen) atoms. The fourth-order valence-electron chi connectivity index (χ4n) is 2.07. The first kappa shape index (κ1) is 13.8. The van der Waals surface area contributed by atoms with E-state index < -0.39 is 16.2 Å². The Hall–Kier alpha value is -1.60. The Morgan fingerprint density at radius 1 is 1.16 bits per heavy atom. The Balaban J connectivity index is 2.22. The largest absolute Gasteiger partial charge is 0.478 e. The second-order valence-electron chi connectivity index (χ2n) is 4.42. The summed E-state index contributed by atoms with van der Waals surface area (Å²) in [4.78, 5) is 11.0. The number of carboxylic acids is 1. The van der Waals surface area contributed by atoms with Crippen molar-refractivity contribution in [3.63, 3.8) is 0 Å². The van der Waals surface area contributed by atoms with Crippen molar-refractivity contribution in [2.24, 2.45) is 0 Å². The van der Waals surface area contributed by atoms with Crippen LogP contribution in [0, 0.1) is 0 Å². The summed E-state index contributed by atoms with van der Waals surface area (Å²) in [6, 6.07) is 5.98. The van der Waals surface area contributed by atoms with Crippen molar-refractivity contribution < 1.29 is 18.3 Å². The number of benzene rings is 1. The molecule has 0 spiro atoms. The average molecular weight is 284 g/mol. The molecule has 7 heteroatoms. The maximum absolute atomic E-state index is 12.2. The van der Waals surface area contributed by atoms with Crippen LogP contribution >= 0.6 is 0 Å². The zero-order valence-corrected chi connectivity index (χ0v) is 11.2. The van der Waals surface area contributed by atoms with Crippen molar-refractivity contribution in [3.8, 4) is 0 Å². The molecule has 1 aromatic rings. The SMILES string of the molecule is O=C(O)c1ccccc1NS(=O)(=O)N1CCCCC1. The Morgan fingerprint density at radius 3 is 2.42 bits per heavy atom. The van der Waals surface area contributed by atoms with Crippen molar-refractivity contribution in [1.82, 2.24) is 4.31 Å². The number of hydrogen-bond acceptors (Lipinski definition) is 3. The van der Waals surface area contributed by atoms with Gasteiger partial charge in [-0.3, -0.25) is 4.72 Å². The molecular weight excluding hydrogens is 268 g/mol. The van der Waals surface area contributed by atoms with Crippen LogP contribution in [0.3, 0.4) is 0 Å². The average Bonchev–Trinajstić information content (AvgIpc) is 2.39. The van der Waals surface area contributed by atoms with Crippen molar-refractivity contribution in [2.45, 2.75) is 19.3 Å². The first-order chi connectivity index (χ1) is 9.00. The number of carboxylic acid groups (broad SMARTS) is 1. The van der Waals surface area contributed by atoms with E-state index in [9.17, 15) is 13.2 Å². The first-order valence-electron chi connectivity index (χ1n) is 6.11. The van der Waals surface area contributed by atoms with E-state index in [1.165, 1.54) is 16.4 Å². The third-order valence-corrected chi connectivity index (χ3v) is 4.57. The minimum Gasteiger partial charge on any atom is -0.478 e. The van der Waals surface area contributed by atoms with E-state index in [4.69, 9.17) is 5.11 Å². The highest BCUT2D eigenvalue weighted by atomic mass is 32.2. The number of anilines is 1. The van der Waals surface area contributed by atoms with Gasteiger partial charge in [0.15, 0.2) is 0 Å². The lowest BCUT2D eigenvalue weighted by Gasteiger charge is -2.26. The summed E-state index contributed by atoms with van der Waals surface area (Å²) in [7, 11) is -3.67. The van der Waals surface area contributed by atoms with E-state index in [1.54, 1.807) is 12.1 Å². The van der Waals surface area contributed by atoms with Gasteiger partial charge >= 0.3 is 16.2 Å². The summed E-state index contributed by atoms with van der Waals surface area (Å²) in [5.41, 5.74) is 0.0451. The van der Waals surface area contributed by atoms with Crippen LogP contribution in [0.1, 0.15) is 29.6 Å². The molecule has 0 bridgehead atoms. The number of carbonyl (C=O) groups is 1. The number of hydrogen-bond donors (Lipinski definition) is 2. The molecule has 1 heterocycles. The van der Waals surface area contributed by atoms with Gasteiger partial charge < -0.3 is 5.11 Å². The quantitative estimate of drug-likeness (QED) is 0.877. The number of nitrogens with one attached hydrogen (secondary N) is 1. The van der Waals surface area contributed by atoms with Crippen LogP contribution in [0.25, 0.3) is 0 Å². The maximum atomic E-state index is 12.2. The van der Waals surface area contributed by atoms with E-state index >= 15 is 0 Å². The predicted molar refractivity (Wildman–Crippen MR) is 71.4 cm³/mol. The Labute approximate surface area is 112 Å². The molecule has 0 atom stereocenters. The van der Waals surface area contributed by atoms with E-state index in [2.05, 4.69) is 4.72 Å². The highest BCUT2D eigenvalue weighted by Gasteiger charge is 2.25. The van der Waals surface area contributed by atoms with Gasteiger partial charge in [-0.2, -0.15) is 12.7 Å². The fourth-order valence-corrected chi connectivity index (χ4v) is 3.39. The second kappa shape index (κ2) is 5.58. The molecule has 0 radical (unpaired) electrons. The van der Waals surface area contributed by atoms with Crippen LogP contribution in [0.15, 0.2) is 24.3 Å². The van der Waals surface area contributed by atoms with E-state index in [-0.39, 0.29) is 11.3 Å². The monoisotopic (exact) mass is 284 g/mol. The summed E-state index contributed by atoms with van der Waals surface area (Å²) in [5.74, 6) is -1.16. The summed E-state index contributed by atoms with van der Waals surface area (Å²) in [6.07, 6.45) is 2.70. The molecule has 0 unspecified atom stereocenters. The summed E-state index contributed by atoms with van der Waals surface area (Å²) in [6.45, 7) is 0.954. The molecule has 0 saturated carbocycles. The van der Waals surface area contributed by atoms with E-state index in [1.807, 2.05) is 0 Å². The molecule has 104 valence electrons. The Kier molecular flexibility index (Phi) is 4.06. The minimum atomic E-state index is -3.67. The predicted octanol–water partition coefficient (Wildman–Crippen LogP) is 1.53. The topological polar surface area (TPSA) is 86.7 Å². The molecule has 1 aliphatic heterocycles. The number of nitrogens with zero attached hydrogens (tertiary/aromatic N) is 1. The second-order valence-corrected chi connectivity index (χ2v) is 6.09. The van der Waals surface area contributed by atoms with Crippen LogP contribution in [0.5, 0.6) is 0 Å². The van der Waals surface area contributed by atoms with Crippen molar-refractivity contribution in [1.29, 1.82) is 0 Å². The van der Waals surface area contributed by atoms with Crippen molar-refractivity contribution >= 4 is 21.9 Å². The lowest BCUT2D eigenvalue weighted by molar-refractivity contribution is 0.0698. The Morgan fingerprint density at radius 2 is 1.79 bits per heavy atom. The van der Waals surface area contributed by atoms with Crippen molar-refractivity contribution in [3.05, 3.63) is 29.8 Å². The highest BCUT2D eigenvalue weighted by Crippen LogP contribution is 2.20. The maximum Gasteiger partial charge on any atom is 0.337 e. The number of para-hydroxylation sites is 1. The number of aromatic carboxylic acids is 1. The smallest absolute Gasteiger partial charge is 0.337 e. The molecular formula is C12H16N2O4S. The first-order valence-corrected chi connectivity index (χ1v) is 7.55. The van der Waals surface area contributed by atoms with Gasteiger partial charge in [-0.15, -0.1) is 0 Å². The molecule has 1 saturated heterocycles. The number of rotatable bonds is 4. The molecule has 2 N–H and O–H groups in total. The molecule has 6 nitrogen and oxygen atoms in total. The molecule has 0 aromatic heterocycles. The zero-order chi connectivity index (χ0) is 13.9. The highest BCUT2D eigenvalue weighted by molar-refractivity contribution is 7.90. The molecule has 0 aliphatic carbocycles. The third kappa shape index (κ3) is 3.24. The van der Waals surface area contributed by atoms with E-state index in [0.29, 0.717) is 13.1 Å². The van der Waals surface area contributed by atoms with Gasteiger partial charge in [-0.05, 0) is 25.0 Å². The lowest BCUT2D eigenvalue weighted by atomic mass is 10.2. The van der Waals surface area contributed by atoms with E-state index in [0.717, 1.165) is 19.3 Å². The van der Waals surface area contributed by atoms with Crippen LogP contribution in [0.2, 0.25) is 0 Å². The molecule has 1 aromatic carbocycles. The summed E-state index contributed by atoms with van der Waals surface area (Å²) < 4.78 is 28.0. The third-order valence-electron chi connectivity index (χ3n) is 3.05. The van der Waals surface area contributed by atoms with Crippen LogP contribution in [-0.2, 0) is 10.2 Å². The van der Waals surface area contributed by atoms with Gasteiger partial charge in [-0.1, -0.05) is 18.6 Å². The lowest BCUT2D eigenvalue weighted by Crippen LogP contribution is -2.39. The van der Waals surface area contributed by atoms with Gasteiger partial charge in [-0.25, -0.2) is 4.79 Å². The minimum absolute atomic E-state index is 0.0527. The van der Waals surface area contributed by atoms with Crippen molar-refractivity contribution in [2.75, 3.05) is 17.8 Å². The van der Waals surface area contributed by atoms with Crippen LogP contribution in [0.4, 0.5) is 5.69 Å². The van der Waals surface area contributed by atoms with Crippen LogP contribution in [-0.4, -0.2) is 36.9 Å².